The van der Waals surface area contributed by atoms with Crippen LogP contribution in [0.25, 0.3) is 6.08 Å². The van der Waals surface area contributed by atoms with Gasteiger partial charge in [-0.05, 0) is 11.6 Å². The number of Topliss-reactive ketones (excluding diaryl/α,β-unsaturated/α-hetero) is 1. The highest BCUT2D eigenvalue weighted by molar-refractivity contribution is 5.85. The van der Waals surface area contributed by atoms with Crippen LogP contribution in [-0.2, 0) is 11.2 Å². The number of allylic oxidation sites excluding steroid dienone is 1. The van der Waals surface area contributed by atoms with Crippen LogP contribution < -0.4 is 0 Å². The van der Waals surface area contributed by atoms with Crippen LogP contribution in [0.5, 0.6) is 0 Å². The molecule has 0 radical (unpaired) electrons. The zero-order valence-corrected chi connectivity index (χ0v) is 6.53. The average Bonchev–Trinajstić information content (AvgIpc) is 2.25. The summed E-state index contributed by atoms with van der Waals surface area (Å²) in [6.07, 6.45) is 6.36. The Morgan fingerprint density at radius 1 is 1.42 bits per heavy atom. The number of carbonyl (C=O) groups excluding carboxylic acids is 1. The molecule has 1 aliphatic rings. The number of hydrogen-bond donors (Lipinski definition) is 0. The predicted molar refractivity (Wildman–Crippen MR) is 44.4 cm³/mol. The molecule has 1 heterocycles. The van der Waals surface area contributed by atoms with E-state index in [-0.39, 0.29) is 5.78 Å². The minimum atomic E-state index is 0.200. The van der Waals surface area contributed by atoms with Crippen molar-refractivity contribution in [3.8, 4) is 0 Å². The van der Waals surface area contributed by atoms with E-state index in [2.05, 4.69) is 10.2 Å². The van der Waals surface area contributed by atoms with Gasteiger partial charge in [-0.1, -0.05) is 12.2 Å². The lowest BCUT2D eigenvalue weighted by molar-refractivity contribution is -0.117. The summed E-state index contributed by atoms with van der Waals surface area (Å²) in [5, 5.41) is 7.65. The number of fused-ring (bicyclic) bond motifs is 1. The summed E-state index contributed by atoms with van der Waals surface area (Å²) in [5.74, 6) is 0.200. The first-order valence-electron chi connectivity index (χ1n) is 3.85. The van der Waals surface area contributed by atoms with Crippen molar-refractivity contribution >= 4 is 11.9 Å². The van der Waals surface area contributed by atoms with Crippen LogP contribution in [0.3, 0.4) is 0 Å². The summed E-state index contributed by atoms with van der Waals surface area (Å²) < 4.78 is 0. The van der Waals surface area contributed by atoms with Crippen LogP contribution >= 0.6 is 0 Å². The maximum absolute atomic E-state index is 11.1. The summed E-state index contributed by atoms with van der Waals surface area (Å²) in [6, 6.07) is 1.87. The van der Waals surface area contributed by atoms with Crippen LogP contribution in [0, 0.1) is 0 Å². The van der Waals surface area contributed by atoms with Gasteiger partial charge in [0.15, 0.2) is 0 Å². The van der Waals surface area contributed by atoms with Crippen molar-refractivity contribution in [1.29, 1.82) is 0 Å². The zero-order chi connectivity index (χ0) is 8.39. The molecule has 0 aromatic carbocycles. The Bertz CT molecular complexity index is 344. The van der Waals surface area contributed by atoms with Gasteiger partial charge in [0.1, 0.15) is 5.78 Å². The van der Waals surface area contributed by atoms with Gasteiger partial charge in [0.2, 0.25) is 0 Å². The molecule has 1 aliphatic carbocycles. The first-order chi connectivity index (χ1) is 5.86. The Labute approximate surface area is 70.1 Å². The third-order valence-corrected chi connectivity index (χ3v) is 1.84. The molecule has 12 heavy (non-hydrogen) atoms. The first kappa shape index (κ1) is 7.16. The minimum Gasteiger partial charge on any atom is -0.299 e. The monoisotopic (exact) mass is 160 g/mol. The van der Waals surface area contributed by atoms with Crippen molar-refractivity contribution in [1.82, 2.24) is 10.2 Å². The standard InChI is InChI=1S/C9H8N2O/c12-8-3-1-2-7-4-5-10-11-9(7)6-8/h1-2,4-5H,3,6H2. The quantitative estimate of drug-likeness (QED) is 0.568. The van der Waals surface area contributed by atoms with Gasteiger partial charge in [0.05, 0.1) is 18.3 Å². The fourth-order valence-electron chi connectivity index (χ4n) is 1.24. The molecule has 3 heteroatoms. The van der Waals surface area contributed by atoms with E-state index in [0.29, 0.717) is 12.8 Å². The van der Waals surface area contributed by atoms with E-state index in [1.54, 1.807) is 6.20 Å². The molecule has 0 atom stereocenters. The Morgan fingerprint density at radius 2 is 2.33 bits per heavy atom. The molecule has 3 nitrogen and oxygen atoms in total. The van der Waals surface area contributed by atoms with E-state index in [1.807, 2.05) is 18.2 Å². The number of hydrogen-bond acceptors (Lipinski definition) is 3. The zero-order valence-electron chi connectivity index (χ0n) is 6.53. The average molecular weight is 160 g/mol. The molecule has 0 saturated carbocycles. The maximum atomic E-state index is 11.1. The van der Waals surface area contributed by atoms with Crippen LogP contribution in [0.4, 0.5) is 0 Å². The lowest BCUT2D eigenvalue weighted by atomic mass is 10.1. The Hall–Kier alpha value is -1.51. The molecule has 60 valence electrons. The smallest absolute Gasteiger partial charge is 0.142 e. The summed E-state index contributed by atoms with van der Waals surface area (Å²) in [5.41, 5.74) is 1.80. The lowest BCUT2D eigenvalue weighted by Gasteiger charge is -1.97. The van der Waals surface area contributed by atoms with Gasteiger partial charge < -0.3 is 0 Å². The van der Waals surface area contributed by atoms with Gasteiger partial charge in [-0.3, -0.25) is 4.79 Å². The molecular formula is C9H8N2O. The lowest BCUT2D eigenvalue weighted by Crippen LogP contribution is -2.03. The van der Waals surface area contributed by atoms with Crippen molar-refractivity contribution < 1.29 is 4.79 Å². The van der Waals surface area contributed by atoms with Crippen LogP contribution in [-0.4, -0.2) is 16.0 Å². The summed E-state index contributed by atoms with van der Waals surface area (Å²) in [6.45, 7) is 0. The third kappa shape index (κ3) is 1.25. The minimum absolute atomic E-state index is 0.200. The highest BCUT2D eigenvalue weighted by Crippen LogP contribution is 2.12. The second-order valence-corrected chi connectivity index (χ2v) is 2.76. The Balaban J connectivity index is 2.48. The summed E-state index contributed by atoms with van der Waals surface area (Å²) in [7, 11) is 0. The molecule has 0 saturated heterocycles. The second-order valence-electron chi connectivity index (χ2n) is 2.76. The van der Waals surface area contributed by atoms with Crippen molar-refractivity contribution in [2.75, 3.05) is 0 Å². The van der Waals surface area contributed by atoms with Crippen molar-refractivity contribution in [2.24, 2.45) is 0 Å². The highest BCUT2D eigenvalue weighted by atomic mass is 16.1. The van der Waals surface area contributed by atoms with E-state index >= 15 is 0 Å². The Morgan fingerprint density at radius 3 is 3.25 bits per heavy atom. The van der Waals surface area contributed by atoms with Crippen LogP contribution in [0.2, 0.25) is 0 Å². The maximum Gasteiger partial charge on any atom is 0.142 e. The summed E-state index contributed by atoms with van der Waals surface area (Å²) in [4.78, 5) is 11.1. The third-order valence-electron chi connectivity index (χ3n) is 1.84. The molecule has 1 aromatic rings. The van der Waals surface area contributed by atoms with Gasteiger partial charge in [-0.25, -0.2) is 0 Å². The SMILES string of the molecule is O=C1CC=Cc2ccnnc2C1. The molecule has 0 unspecified atom stereocenters. The molecule has 0 amide bonds. The van der Waals surface area contributed by atoms with Gasteiger partial charge in [0, 0.05) is 6.42 Å². The van der Waals surface area contributed by atoms with Gasteiger partial charge in [-0.2, -0.15) is 10.2 Å². The second kappa shape index (κ2) is 2.85. The molecule has 0 aliphatic heterocycles. The first-order valence-corrected chi connectivity index (χ1v) is 3.85. The number of aromatic nitrogens is 2. The van der Waals surface area contributed by atoms with Crippen molar-refractivity contribution in [3.05, 3.63) is 29.6 Å². The van der Waals surface area contributed by atoms with Gasteiger partial charge in [-0.15, -0.1) is 0 Å². The van der Waals surface area contributed by atoms with Gasteiger partial charge >= 0.3 is 0 Å². The molecular weight excluding hydrogens is 152 g/mol. The largest absolute Gasteiger partial charge is 0.299 e. The van der Waals surface area contributed by atoms with E-state index in [4.69, 9.17) is 0 Å². The van der Waals surface area contributed by atoms with Crippen molar-refractivity contribution in [2.45, 2.75) is 12.8 Å². The Kier molecular flexibility index (Phi) is 1.70. The molecule has 0 bridgehead atoms. The molecule has 0 N–H and O–H groups in total. The van der Waals surface area contributed by atoms with Crippen LogP contribution in [0.1, 0.15) is 17.7 Å². The fourth-order valence-corrected chi connectivity index (χ4v) is 1.24. The number of ketones is 1. The fraction of sp³-hybridized carbons (Fsp3) is 0.222. The number of rotatable bonds is 0. The van der Waals surface area contributed by atoms with Crippen molar-refractivity contribution in [3.63, 3.8) is 0 Å². The van der Waals surface area contributed by atoms with Crippen LogP contribution in [0.15, 0.2) is 18.3 Å². The number of nitrogens with zero attached hydrogens (tertiary/aromatic N) is 2. The van der Waals surface area contributed by atoms with E-state index in [1.165, 1.54) is 0 Å². The molecule has 1 aromatic heterocycles. The normalized spacial score (nSPS) is 15.5. The highest BCUT2D eigenvalue weighted by Gasteiger charge is 2.10. The molecule has 0 spiro atoms. The topological polar surface area (TPSA) is 42.9 Å². The molecule has 2 rings (SSSR count). The van der Waals surface area contributed by atoms with Gasteiger partial charge in [0.25, 0.3) is 0 Å². The molecule has 0 fully saturated rings. The summed E-state index contributed by atoms with van der Waals surface area (Å²) >= 11 is 0. The predicted octanol–water partition coefficient (Wildman–Crippen LogP) is 1.01. The van der Waals surface area contributed by atoms with E-state index < -0.39 is 0 Å². The van der Waals surface area contributed by atoms with E-state index in [0.717, 1.165) is 11.3 Å². The number of carbonyl (C=O) groups is 1. The van der Waals surface area contributed by atoms with E-state index in [9.17, 15) is 4.79 Å².